The Morgan fingerprint density at radius 2 is 0.554 bits per heavy atom. The topological polar surface area (TPSA) is 299 Å². The lowest BCUT2D eigenvalue weighted by Gasteiger charge is -2.20. The maximum absolute atomic E-state index is 14.0. The van der Waals surface area contributed by atoms with Crippen molar-refractivity contribution < 1.29 is 92.8 Å². The molecule has 0 saturated heterocycles. The Hall–Kier alpha value is -10.7. The minimum Gasteiger partial charge on any atom is -0.489 e. The number of anilines is 6. The summed E-state index contributed by atoms with van der Waals surface area (Å²) < 4.78 is 50.5. The smallest absolute Gasteiger partial charge is 0.309 e. The van der Waals surface area contributed by atoms with Gasteiger partial charge in [-0.2, -0.15) is 30.4 Å². The first kappa shape index (κ1) is 115. The molecule has 0 unspecified atom stereocenters. The number of nitrogens with zero attached hydrogens (tertiary/aromatic N) is 6. The number of hydrogen-bond donors (Lipinski definition) is 6. The van der Waals surface area contributed by atoms with Crippen molar-refractivity contribution in [2.45, 2.75) is 130 Å². The second-order valence-corrected chi connectivity index (χ2v) is 38.1. The van der Waals surface area contributed by atoms with E-state index in [1.54, 1.807) is 73.8 Å². The molecule has 12 aromatic carbocycles. The Kier molecular flexibility index (Phi) is 47.5. The van der Waals surface area contributed by atoms with Gasteiger partial charge in [0.25, 0.3) is 0 Å². The highest BCUT2D eigenvalue weighted by molar-refractivity contribution is 14.1. The largest absolute Gasteiger partial charge is 0.489 e. The van der Waals surface area contributed by atoms with E-state index in [0.717, 1.165) is 164 Å². The van der Waals surface area contributed by atoms with Crippen LogP contribution < -0.4 is 58.8 Å². The number of carbonyl (C=O) groups is 6. The molecule has 12 rings (SSSR count). The Morgan fingerprint density at radius 3 is 0.878 bits per heavy atom. The molecule has 0 fully saturated rings. The summed E-state index contributed by atoms with van der Waals surface area (Å²) in [7, 11) is 0. The van der Waals surface area contributed by atoms with E-state index in [1.807, 2.05) is 248 Å². The quantitative estimate of drug-likeness (QED) is 0.0176. The van der Waals surface area contributed by atoms with Gasteiger partial charge < -0.3 is 28.4 Å². The lowest BCUT2D eigenvalue weighted by atomic mass is 10.1. The van der Waals surface area contributed by atoms with Crippen LogP contribution >= 0.6 is 121 Å². The Labute approximate surface area is 864 Å². The maximum atomic E-state index is 14.0. The van der Waals surface area contributed by atoms with Gasteiger partial charge >= 0.3 is 31.4 Å². The number of aryl methyl sites for hydroxylation is 13. The molecule has 6 N–H and O–H groups in total. The zero-order chi connectivity index (χ0) is 103. The number of rotatable bonds is 25. The van der Waals surface area contributed by atoms with Crippen LogP contribution in [0.2, 0.25) is 5.02 Å². The van der Waals surface area contributed by atoms with Gasteiger partial charge in [-0.05, 0) is 266 Å². The molecular weight excluding hydrogens is 2090 g/mol. The van der Waals surface area contributed by atoms with E-state index in [9.17, 15) is 64.4 Å². The molecule has 12 aromatic rings. The molecule has 0 atom stereocenters. The predicted octanol–water partition coefficient (Wildman–Crippen LogP) is 30.5. The molecule has 0 spiro atoms. The average molecular weight is 2200 g/mol. The zero-order valence-corrected chi connectivity index (χ0v) is 89.9. The molecular formula is C105H114BrClFIN6O18S6. The second kappa shape index (κ2) is 57.3. The van der Waals surface area contributed by atoms with Crippen LogP contribution in [0.15, 0.2) is 229 Å². The number of hydroxylamine groups is 6. The van der Waals surface area contributed by atoms with Crippen LogP contribution in [-0.4, -0.2) is 100 Å². The van der Waals surface area contributed by atoms with Gasteiger partial charge in [-0.25, -0.2) is 4.39 Å². The molecule has 6 amide bonds. The number of halogens is 4. The van der Waals surface area contributed by atoms with Crippen molar-refractivity contribution in [3.8, 4) is 34.5 Å². The van der Waals surface area contributed by atoms with E-state index in [-0.39, 0.29) is 56.0 Å². The van der Waals surface area contributed by atoms with Crippen LogP contribution in [0.25, 0.3) is 6.08 Å². The SMILES string of the molecule is C=Cc1cccc(COc2ccc(C)cc2C)c1N(O)C(=O)SC.CSC(=O)N(O)c1c(Br)cccc1COc1ccc(C)cc1C.CSC(=O)N(O)c1c(C)cccc1COc1ccc(C)cc1C.CSC(=O)N(O)c1c(Cl)cccc1COc1ccc(C)cc1C.CSC(=O)N(O)c1c(F)cccc1COc1ccc(C)cc1C.CSC(=O)N(O)c1c(I)cccc1COc1ccc(C)cc1C. The Bertz CT molecular complexity index is 5580. The van der Waals surface area contributed by atoms with Crippen molar-refractivity contribution in [2.75, 3.05) is 67.9 Å². The summed E-state index contributed by atoms with van der Waals surface area (Å²) in [6.45, 7) is 30.8. The van der Waals surface area contributed by atoms with Crippen molar-refractivity contribution in [1.82, 2.24) is 0 Å². The summed E-state index contributed by atoms with van der Waals surface area (Å²) in [5.74, 6) is 3.88. The molecule has 0 saturated carbocycles. The molecule has 0 heterocycles. The van der Waals surface area contributed by atoms with Crippen molar-refractivity contribution in [1.29, 1.82) is 0 Å². The molecule has 24 nitrogen and oxygen atoms in total. The van der Waals surface area contributed by atoms with Crippen LogP contribution in [0, 0.1) is 99.4 Å². The molecule has 0 aliphatic heterocycles. The number of benzene rings is 12. The number of amides is 6. The summed E-state index contributed by atoms with van der Waals surface area (Å²) >= 11 is 17.1. The zero-order valence-electron chi connectivity index (χ0n) is 80.5. The summed E-state index contributed by atoms with van der Waals surface area (Å²) in [6, 6.07) is 67.0. The van der Waals surface area contributed by atoms with Crippen LogP contribution in [-0.2, 0) is 39.6 Å². The average Bonchev–Trinajstić information content (AvgIpc) is 0.813. The van der Waals surface area contributed by atoms with E-state index in [4.69, 9.17) is 40.0 Å². The number of thioether (sulfide) groups is 6. The highest BCUT2D eigenvalue weighted by Gasteiger charge is 2.27. The van der Waals surface area contributed by atoms with Crippen LogP contribution in [0.3, 0.4) is 0 Å². The summed E-state index contributed by atoms with van der Waals surface area (Å²) in [6.07, 6.45) is 11.2. The van der Waals surface area contributed by atoms with Gasteiger partial charge in [0, 0.05) is 47.0 Å². The number of hydrogen-bond acceptors (Lipinski definition) is 24. The summed E-state index contributed by atoms with van der Waals surface area (Å²) in [4.78, 5) is 70.5. The fourth-order valence-corrected chi connectivity index (χ4v) is 16.9. The monoisotopic (exact) mass is 2200 g/mol. The van der Waals surface area contributed by atoms with Gasteiger partial charge in [-0.1, -0.05) is 286 Å². The van der Waals surface area contributed by atoms with Crippen molar-refractivity contribution in [3.63, 3.8) is 0 Å². The van der Waals surface area contributed by atoms with Gasteiger partial charge in [0.1, 0.15) is 85.6 Å². The first-order valence-corrected chi connectivity index (χ1v) is 52.3. The van der Waals surface area contributed by atoms with E-state index in [2.05, 4.69) is 57.2 Å². The van der Waals surface area contributed by atoms with Gasteiger partial charge in [-0.15, -0.1) is 0 Å². The normalized spacial score (nSPS) is 10.5. The number of para-hydroxylation sites is 6. The van der Waals surface area contributed by atoms with Crippen LogP contribution in [0.1, 0.15) is 111 Å². The first-order chi connectivity index (χ1) is 66.1. The summed E-state index contributed by atoms with van der Waals surface area (Å²) in [5, 5.41) is 61.5. The molecule has 0 aromatic heterocycles. The third-order valence-electron chi connectivity index (χ3n) is 20.6. The van der Waals surface area contributed by atoms with E-state index >= 15 is 0 Å². The molecule has 0 aliphatic carbocycles. The lowest BCUT2D eigenvalue weighted by molar-refractivity contribution is 0.222. The third-order valence-corrected chi connectivity index (χ3v) is 25.6. The molecule has 0 aliphatic rings. The molecule has 0 radical (unpaired) electrons. The van der Waals surface area contributed by atoms with E-state index in [1.165, 1.54) is 40.6 Å². The van der Waals surface area contributed by atoms with Gasteiger partial charge in [0.2, 0.25) is 0 Å². The molecule has 736 valence electrons. The Balaban J connectivity index is 0.000000227. The van der Waals surface area contributed by atoms with Gasteiger partial charge in [0.15, 0.2) is 0 Å². The standard InChI is InChI=1S/C19H21NO3S.C18H21NO3S.C17H18BrNO3S.C17H18ClNO3S.C17H18FNO3S.C17H18INO3S/c1-5-15-7-6-8-16(18(15)20(22)19(21)24-4)12-23-17-10-9-13(2)11-14(17)3;1-12-8-9-16(14(3)10-12)22-11-15-7-5-6-13(2)17(15)19(21)18(20)23-4;4*1-11-7-8-15(12(2)9-11)22-10-13-5-4-6-14(18)16(13)19(21)17(20)23-3/h5-11,22H,1,12H2,2-4H3;5-10,21H,11H2,1-4H3;4*4-9,21H,10H2,1-3H3. The fourth-order valence-electron chi connectivity index (χ4n) is 13.7. The fraction of sp³-hybridized carbons (Fsp3) is 0.238. The number of ether oxygens (including phenoxy) is 6. The van der Waals surface area contributed by atoms with Crippen molar-refractivity contribution in [2.24, 2.45) is 0 Å². The van der Waals surface area contributed by atoms with Crippen molar-refractivity contribution >= 4 is 192 Å². The lowest BCUT2D eigenvalue weighted by Crippen LogP contribution is -2.25. The molecule has 139 heavy (non-hydrogen) atoms. The Morgan fingerprint density at radius 1 is 0.317 bits per heavy atom. The minimum absolute atomic E-state index is 0.0374. The highest BCUT2D eigenvalue weighted by atomic mass is 127. The van der Waals surface area contributed by atoms with Gasteiger partial charge in [-0.3, -0.25) is 60.0 Å². The molecule has 34 heteroatoms. The van der Waals surface area contributed by atoms with Crippen LogP contribution in [0.5, 0.6) is 34.5 Å². The predicted molar refractivity (Wildman–Crippen MR) is 579 cm³/mol. The van der Waals surface area contributed by atoms with Crippen molar-refractivity contribution in [3.05, 3.63) is 355 Å². The summed E-state index contributed by atoms with van der Waals surface area (Å²) in [5.41, 5.74) is 20.4. The van der Waals surface area contributed by atoms with E-state index < -0.39 is 37.3 Å². The number of carbonyl (C=O) groups excluding carboxylic acids is 6. The van der Waals surface area contributed by atoms with Gasteiger partial charge in [0.05, 0.1) is 33.5 Å². The van der Waals surface area contributed by atoms with Crippen LogP contribution in [0.4, 0.5) is 67.3 Å². The third kappa shape index (κ3) is 33.8. The second-order valence-electron chi connectivity index (χ2n) is 31.2. The maximum Gasteiger partial charge on any atom is 0.309 e. The van der Waals surface area contributed by atoms with E-state index in [0.29, 0.717) is 91.2 Å². The first-order valence-electron chi connectivity index (χ1n) is 42.7. The highest BCUT2D eigenvalue weighted by Crippen LogP contribution is 2.39. The molecule has 0 bridgehead atoms. The minimum atomic E-state index is -0.684.